The number of hydrogen-bond acceptors (Lipinski definition) is 2. The summed E-state index contributed by atoms with van der Waals surface area (Å²) in [7, 11) is 0. The van der Waals surface area contributed by atoms with Crippen molar-refractivity contribution in [1.29, 1.82) is 0 Å². The molecule has 1 amide bonds. The number of halogens is 2. The van der Waals surface area contributed by atoms with Crippen LogP contribution in [0.2, 0.25) is 5.02 Å². The fourth-order valence-corrected chi connectivity index (χ4v) is 3.75. The third-order valence-electron chi connectivity index (χ3n) is 3.46. The topological polar surface area (TPSA) is 29.1 Å². The number of benzene rings is 2. The molecule has 0 saturated carbocycles. The molecule has 0 bridgehead atoms. The second-order valence-corrected chi connectivity index (χ2v) is 6.39. The maximum absolute atomic E-state index is 13.8. The van der Waals surface area contributed by atoms with Gasteiger partial charge in [0, 0.05) is 15.6 Å². The number of hydrogen-bond donors (Lipinski definition) is 1. The molecule has 3 aromatic rings. The average molecular weight is 334 g/mol. The van der Waals surface area contributed by atoms with Crippen molar-refractivity contribution in [2.75, 3.05) is 0 Å². The van der Waals surface area contributed by atoms with Gasteiger partial charge < -0.3 is 5.32 Å². The van der Waals surface area contributed by atoms with Crippen LogP contribution in [0.3, 0.4) is 0 Å². The van der Waals surface area contributed by atoms with Crippen molar-refractivity contribution in [2.24, 2.45) is 0 Å². The molecule has 1 N–H and O–H groups in total. The van der Waals surface area contributed by atoms with Crippen molar-refractivity contribution >= 4 is 38.9 Å². The summed E-state index contributed by atoms with van der Waals surface area (Å²) in [6, 6.07) is 13.5. The standard InChI is InChI=1S/C17H13ClFNOS/c1-10(11-6-2-4-8-13(11)19)20-17(21)16-15(18)12-7-3-5-9-14(12)22-16/h2-10H,1H3,(H,20,21)/t10-/m1/s1. The maximum Gasteiger partial charge on any atom is 0.263 e. The Morgan fingerprint density at radius 3 is 2.59 bits per heavy atom. The Morgan fingerprint density at radius 2 is 1.86 bits per heavy atom. The SMILES string of the molecule is C[C@@H](NC(=O)c1sc2ccccc2c1Cl)c1ccccc1F. The largest absolute Gasteiger partial charge is 0.345 e. The van der Waals surface area contributed by atoms with Crippen LogP contribution in [0.5, 0.6) is 0 Å². The Morgan fingerprint density at radius 1 is 1.18 bits per heavy atom. The van der Waals surface area contributed by atoms with Crippen molar-refractivity contribution in [2.45, 2.75) is 13.0 Å². The molecule has 0 aliphatic carbocycles. The van der Waals surface area contributed by atoms with E-state index < -0.39 is 6.04 Å². The lowest BCUT2D eigenvalue weighted by Gasteiger charge is -2.14. The second-order valence-electron chi connectivity index (χ2n) is 4.96. The smallest absolute Gasteiger partial charge is 0.263 e. The van der Waals surface area contributed by atoms with Crippen molar-refractivity contribution in [3.05, 3.63) is 69.8 Å². The minimum Gasteiger partial charge on any atom is -0.345 e. The van der Waals surface area contributed by atoms with E-state index in [1.807, 2.05) is 24.3 Å². The number of carbonyl (C=O) groups excluding carboxylic acids is 1. The highest BCUT2D eigenvalue weighted by Gasteiger charge is 2.20. The van der Waals surface area contributed by atoms with Gasteiger partial charge in [-0.25, -0.2) is 4.39 Å². The summed E-state index contributed by atoms with van der Waals surface area (Å²) in [5.74, 6) is -0.625. The molecule has 0 radical (unpaired) electrons. The highest BCUT2D eigenvalue weighted by atomic mass is 35.5. The van der Waals surface area contributed by atoms with Gasteiger partial charge >= 0.3 is 0 Å². The number of amides is 1. The van der Waals surface area contributed by atoms with Gasteiger partial charge in [-0.15, -0.1) is 11.3 Å². The van der Waals surface area contributed by atoms with E-state index in [2.05, 4.69) is 5.32 Å². The van der Waals surface area contributed by atoms with Crippen LogP contribution in [0.15, 0.2) is 48.5 Å². The summed E-state index contributed by atoms with van der Waals surface area (Å²) in [5, 5.41) is 4.10. The van der Waals surface area contributed by atoms with Crippen molar-refractivity contribution < 1.29 is 9.18 Å². The van der Waals surface area contributed by atoms with Crippen LogP contribution >= 0.6 is 22.9 Å². The maximum atomic E-state index is 13.8. The van der Waals surface area contributed by atoms with Gasteiger partial charge in [-0.05, 0) is 19.1 Å². The molecule has 112 valence electrons. The summed E-state index contributed by atoms with van der Waals surface area (Å²) in [4.78, 5) is 12.9. The first kappa shape index (κ1) is 15.0. The Labute approximate surface area is 136 Å². The first-order valence-corrected chi connectivity index (χ1v) is 7.99. The lowest BCUT2D eigenvalue weighted by molar-refractivity contribution is 0.0943. The minimum atomic E-state index is -0.435. The monoisotopic (exact) mass is 333 g/mol. The molecular weight excluding hydrogens is 321 g/mol. The minimum absolute atomic E-state index is 0.290. The Bertz CT molecular complexity index is 846. The van der Waals surface area contributed by atoms with E-state index in [0.717, 1.165) is 10.1 Å². The van der Waals surface area contributed by atoms with Gasteiger partial charge in [-0.3, -0.25) is 4.79 Å². The number of nitrogens with one attached hydrogen (secondary N) is 1. The molecule has 0 aliphatic rings. The number of fused-ring (bicyclic) bond motifs is 1. The van der Waals surface area contributed by atoms with E-state index in [-0.39, 0.29) is 11.7 Å². The molecular formula is C17H13ClFNOS. The summed E-state index contributed by atoms with van der Waals surface area (Å²) < 4.78 is 14.7. The molecule has 1 aromatic heterocycles. The molecule has 1 atom stereocenters. The van der Waals surface area contributed by atoms with Crippen molar-refractivity contribution in [3.8, 4) is 0 Å². The van der Waals surface area contributed by atoms with Crippen LogP contribution in [0.1, 0.15) is 28.2 Å². The third-order valence-corrected chi connectivity index (χ3v) is 5.13. The Balaban J connectivity index is 1.87. The van der Waals surface area contributed by atoms with Gasteiger partial charge in [-0.2, -0.15) is 0 Å². The summed E-state index contributed by atoms with van der Waals surface area (Å²) in [5.41, 5.74) is 0.452. The predicted octanol–water partition coefficient (Wildman–Crippen LogP) is 5.18. The summed E-state index contributed by atoms with van der Waals surface area (Å²) in [6.45, 7) is 1.75. The number of rotatable bonds is 3. The molecule has 0 aliphatic heterocycles. The van der Waals surface area contributed by atoms with Crippen LogP contribution in [0.4, 0.5) is 4.39 Å². The zero-order valence-electron chi connectivity index (χ0n) is 11.8. The quantitative estimate of drug-likeness (QED) is 0.702. The van der Waals surface area contributed by atoms with Crippen LogP contribution in [-0.4, -0.2) is 5.91 Å². The molecule has 22 heavy (non-hydrogen) atoms. The Kier molecular flexibility index (Phi) is 4.14. The molecule has 0 spiro atoms. The predicted molar refractivity (Wildman–Crippen MR) is 89.1 cm³/mol. The van der Waals surface area contributed by atoms with Crippen LogP contribution in [0, 0.1) is 5.82 Å². The third kappa shape index (κ3) is 2.72. The fourth-order valence-electron chi connectivity index (χ4n) is 2.33. The van der Waals surface area contributed by atoms with E-state index in [9.17, 15) is 9.18 Å². The van der Waals surface area contributed by atoms with Gasteiger partial charge in [0.15, 0.2) is 0 Å². The van der Waals surface area contributed by atoms with Crippen molar-refractivity contribution in [3.63, 3.8) is 0 Å². The second kappa shape index (κ2) is 6.07. The lowest BCUT2D eigenvalue weighted by Crippen LogP contribution is -2.26. The first-order valence-electron chi connectivity index (χ1n) is 6.80. The molecule has 3 rings (SSSR count). The number of carbonyl (C=O) groups is 1. The average Bonchev–Trinajstić information content (AvgIpc) is 2.85. The van der Waals surface area contributed by atoms with E-state index in [1.54, 1.807) is 25.1 Å². The van der Waals surface area contributed by atoms with Gasteiger partial charge in [-0.1, -0.05) is 48.0 Å². The van der Waals surface area contributed by atoms with Crippen LogP contribution in [0.25, 0.3) is 10.1 Å². The van der Waals surface area contributed by atoms with E-state index >= 15 is 0 Å². The van der Waals surface area contributed by atoms with Gasteiger partial charge in [0.25, 0.3) is 5.91 Å². The van der Waals surface area contributed by atoms with E-state index in [4.69, 9.17) is 11.6 Å². The molecule has 1 heterocycles. The molecule has 0 saturated heterocycles. The molecule has 0 unspecified atom stereocenters. The Hall–Kier alpha value is -1.91. The van der Waals surface area contributed by atoms with E-state index in [0.29, 0.717) is 15.5 Å². The lowest BCUT2D eigenvalue weighted by atomic mass is 10.1. The fraction of sp³-hybridized carbons (Fsp3) is 0.118. The van der Waals surface area contributed by atoms with Gasteiger partial charge in [0.2, 0.25) is 0 Å². The molecule has 2 nitrogen and oxygen atoms in total. The molecule has 0 fully saturated rings. The zero-order valence-corrected chi connectivity index (χ0v) is 13.3. The van der Waals surface area contributed by atoms with Crippen LogP contribution < -0.4 is 5.32 Å². The van der Waals surface area contributed by atoms with Gasteiger partial charge in [0.05, 0.1) is 11.1 Å². The normalized spacial score (nSPS) is 12.3. The highest BCUT2D eigenvalue weighted by molar-refractivity contribution is 7.21. The van der Waals surface area contributed by atoms with Gasteiger partial charge in [0.1, 0.15) is 10.7 Å². The molecule has 2 aromatic carbocycles. The molecule has 5 heteroatoms. The zero-order chi connectivity index (χ0) is 15.7. The number of thiophene rings is 1. The summed E-state index contributed by atoms with van der Waals surface area (Å²) in [6.07, 6.45) is 0. The highest BCUT2D eigenvalue weighted by Crippen LogP contribution is 2.35. The van der Waals surface area contributed by atoms with Crippen LogP contribution in [-0.2, 0) is 0 Å². The first-order chi connectivity index (χ1) is 10.6. The summed E-state index contributed by atoms with van der Waals surface area (Å²) >= 11 is 7.62. The van der Waals surface area contributed by atoms with E-state index in [1.165, 1.54) is 17.4 Å². The van der Waals surface area contributed by atoms with Crippen molar-refractivity contribution in [1.82, 2.24) is 5.32 Å².